The van der Waals surface area contributed by atoms with Crippen molar-refractivity contribution in [1.82, 2.24) is 20.2 Å². The van der Waals surface area contributed by atoms with Crippen LogP contribution in [0.3, 0.4) is 0 Å². The molecule has 2 heterocycles. The minimum absolute atomic E-state index is 0.00322. The summed E-state index contributed by atoms with van der Waals surface area (Å²) in [6, 6.07) is 17.1. The molecular weight excluding hydrogens is 342 g/mol. The van der Waals surface area contributed by atoms with E-state index >= 15 is 0 Å². The van der Waals surface area contributed by atoms with Gasteiger partial charge in [0.1, 0.15) is 0 Å². The SMILES string of the molecule is Nc1ncc(Cc2cccc(CO)c2)nc1-c1nnc(-c2ccccc2)o1. The van der Waals surface area contributed by atoms with Gasteiger partial charge in [-0.2, -0.15) is 0 Å². The molecule has 4 rings (SSSR count). The quantitative estimate of drug-likeness (QED) is 0.563. The van der Waals surface area contributed by atoms with Gasteiger partial charge < -0.3 is 15.3 Å². The molecule has 3 N–H and O–H groups in total. The zero-order valence-electron chi connectivity index (χ0n) is 14.4. The van der Waals surface area contributed by atoms with Crippen molar-refractivity contribution in [2.75, 3.05) is 5.73 Å². The van der Waals surface area contributed by atoms with Crippen LogP contribution in [-0.2, 0) is 13.0 Å². The van der Waals surface area contributed by atoms with Gasteiger partial charge in [-0.3, -0.25) is 0 Å². The fraction of sp³-hybridized carbons (Fsp3) is 0.100. The number of rotatable bonds is 5. The van der Waals surface area contributed by atoms with Gasteiger partial charge in [0, 0.05) is 12.0 Å². The van der Waals surface area contributed by atoms with E-state index in [1.54, 1.807) is 6.20 Å². The van der Waals surface area contributed by atoms with Crippen LogP contribution >= 0.6 is 0 Å². The smallest absolute Gasteiger partial charge is 0.270 e. The fourth-order valence-corrected chi connectivity index (χ4v) is 2.74. The van der Waals surface area contributed by atoms with Crippen molar-refractivity contribution in [1.29, 1.82) is 0 Å². The molecule has 0 fully saturated rings. The van der Waals surface area contributed by atoms with E-state index in [0.717, 1.165) is 16.7 Å². The van der Waals surface area contributed by atoms with E-state index in [9.17, 15) is 5.11 Å². The Labute approximate surface area is 155 Å². The normalized spacial score (nSPS) is 10.9. The summed E-state index contributed by atoms with van der Waals surface area (Å²) in [7, 11) is 0. The zero-order valence-corrected chi connectivity index (χ0v) is 14.4. The maximum absolute atomic E-state index is 9.28. The van der Waals surface area contributed by atoms with Crippen LogP contribution in [0.2, 0.25) is 0 Å². The summed E-state index contributed by atoms with van der Waals surface area (Å²) in [5, 5.41) is 17.4. The second-order valence-corrected chi connectivity index (χ2v) is 6.03. The number of nitrogen functional groups attached to an aromatic ring is 1. The first-order valence-electron chi connectivity index (χ1n) is 8.42. The van der Waals surface area contributed by atoms with Gasteiger partial charge in [0.25, 0.3) is 5.89 Å². The summed E-state index contributed by atoms with van der Waals surface area (Å²) < 4.78 is 5.74. The summed E-state index contributed by atoms with van der Waals surface area (Å²) in [5.41, 5.74) is 9.73. The van der Waals surface area contributed by atoms with E-state index in [1.165, 1.54) is 0 Å². The third-order valence-corrected chi connectivity index (χ3v) is 4.06. The second kappa shape index (κ2) is 7.35. The Morgan fingerprint density at radius 1 is 0.926 bits per heavy atom. The molecule has 27 heavy (non-hydrogen) atoms. The fourth-order valence-electron chi connectivity index (χ4n) is 2.74. The summed E-state index contributed by atoms with van der Waals surface area (Å²) in [5.74, 6) is 0.851. The molecule has 0 saturated carbocycles. The molecule has 0 saturated heterocycles. The highest BCUT2D eigenvalue weighted by molar-refractivity contribution is 5.63. The van der Waals surface area contributed by atoms with Gasteiger partial charge in [-0.15, -0.1) is 10.2 Å². The number of hydrogen-bond donors (Lipinski definition) is 2. The van der Waals surface area contributed by atoms with Gasteiger partial charge in [0.05, 0.1) is 18.5 Å². The Morgan fingerprint density at radius 2 is 1.70 bits per heavy atom. The highest BCUT2D eigenvalue weighted by Gasteiger charge is 2.16. The van der Waals surface area contributed by atoms with E-state index < -0.39 is 0 Å². The molecular formula is C20H17N5O2. The molecule has 0 aliphatic heterocycles. The molecule has 0 amide bonds. The Balaban J connectivity index is 1.64. The maximum Gasteiger partial charge on any atom is 0.270 e. The number of hydrogen-bond acceptors (Lipinski definition) is 7. The molecule has 0 spiro atoms. The predicted molar refractivity (Wildman–Crippen MR) is 100 cm³/mol. The highest BCUT2D eigenvalue weighted by atomic mass is 16.4. The molecule has 0 radical (unpaired) electrons. The number of anilines is 1. The van der Waals surface area contributed by atoms with Crippen LogP contribution in [0.25, 0.3) is 23.0 Å². The first-order chi connectivity index (χ1) is 13.2. The van der Waals surface area contributed by atoms with Crippen molar-refractivity contribution >= 4 is 5.82 Å². The lowest BCUT2D eigenvalue weighted by Crippen LogP contribution is -2.02. The van der Waals surface area contributed by atoms with E-state index in [-0.39, 0.29) is 18.3 Å². The zero-order chi connectivity index (χ0) is 18.6. The van der Waals surface area contributed by atoms with Crippen molar-refractivity contribution in [2.24, 2.45) is 0 Å². The van der Waals surface area contributed by atoms with E-state index in [2.05, 4.69) is 20.2 Å². The minimum Gasteiger partial charge on any atom is -0.414 e. The number of nitrogens with zero attached hydrogens (tertiary/aromatic N) is 4. The van der Waals surface area contributed by atoms with Gasteiger partial charge in [0.2, 0.25) is 5.89 Å². The van der Waals surface area contributed by atoms with E-state index in [0.29, 0.717) is 23.7 Å². The van der Waals surface area contributed by atoms with Crippen molar-refractivity contribution in [3.05, 3.63) is 77.6 Å². The molecule has 7 nitrogen and oxygen atoms in total. The summed E-state index contributed by atoms with van der Waals surface area (Å²) in [6.07, 6.45) is 2.17. The van der Waals surface area contributed by atoms with E-state index in [1.807, 2.05) is 54.6 Å². The molecule has 2 aromatic heterocycles. The largest absolute Gasteiger partial charge is 0.414 e. The Morgan fingerprint density at radius 3 is 2.52 bits per heavy atom. The van der Waals surface area contributed by atoms with Crippen molar-refractivity contribution in [2.45, 2.75) is 13.0 Å². The lowest BCUT2D eigenvalue weighted by atomic mass is 10.1. The molecule has 0 unspecified atom stereocenters. The van der Waals surface area contributed by atoms with Crippen LogP contribution in [0, 0.1) is 0 Å². The van der Waals surface area contributed by atoms with Crippen LogP contribution in [0.5, 0.6) is 0 Å². The molecule has 0 aliphatic rings. The predicted octanol–water partition coefficient (Wildman–Crippen LogP) is 2.86. The van der Waals surface area contributed by atoms with Gasteiger partial charge in [-0.05, 0) is 23.3 Å². The van der Waals surface area contributed by atoms with E-state index in [4.69, 9.17) is 10.2 Å². The van der Waals surface area contributed by atoms with Gasteiger partial charge in [-0.25, -0.2) is 9.97 Å². The highest BCUT2D eigenvalue weighted by Crippen LogP contribution is 2.25. The molecule has 0 aliphatic carbocycles. The van der Waals surface area contributed by atoms with Gasteiger partial charge in [-0.1, -0.05) is 42.5 Å². The number of aliphatic hydroxyl groups is 1. The standard InChI is InChI=1S/C20H17N5O2/c21-18-17(20-25-24-19(27-20)15-7-2-1-3-8-15)23-16(11-22-18)10-13-5-4-6-14(9-13)12-26/h1-9,11,26H,10,12H2,(H2,21,22). The number of nitrogens with two attached hydrogens (primary N) is 1. The average Bonchev–Trinajstić information content (AvgIpc) is 3.20. The minimum atomic E-state index is -0.00322. The van der Waals surface area contributed by atoms with Crippen LogP contribution in [0.4, 0.5) is 5.82 Å². The Bertz CT molecular complexity index is 1060. The molecule has 0 atom stereocenters. The number of aromatic nitrogens is 4. The lowest BCUT2D eigenvalue weighted by molar-refractivity contribution is 0.281. The average molecular weight is 359 g/mol. The van der Waals surface area contributed by atoms with Gasteiger partial charge >= 0.3 is 0 Å². The molecule has 0 bridgehead atoms. The Kier molecular flexibility index (Phi) is 4.59. The Hall–Kier alpha value is -3.58. The number of benzene rings is 2. The van der Waals surface area contributed by atoms with Crippen LogP contribution in [-0.4, -0.2) is 25.3 Å². The molecule has 4 aromatic rings. The van der Waals surface area contributed by atoms with Crippen LogP contribution < -0.4 is 5.73 Å². The van der Waals surface area contributed by atoms with Crippen molar-refractivity contribution in [3.8, 4) is 23.0 Å². The third kappa shape index (κ3) is 3.68. The third-order valence-electron chi connectivity index (χ3n) is 4.06. The number of aliphatic hydroxyl groups excluding tert-OH is 1. The molecule has 134 valence electrons. The first-order valence-corrected chi connectivity index (χ1v) is 8.42. The van der Waals surface area contributed by atoms with Gasteiger partial charge in [0.15, 0.2) is 11.5 Å². The van der Waals surface area contributed by atoms with Crippen molar-refractivity contribution < 1.29 is 9.52 Å². The summed E-state index contributed by atoms with van der Waals surface area (Å²) in [4.78, 5) is 8.77. The summed E-state index contributed by atoms with van der Waals surface area (Å²) in [6.45, 7) is -0.00322. The monoisotopic (exact) mass is 359 g/mol. The van der Waals surface area contributed by atoms with Crippen LogP contribution in [0.1, 0.15) is 16.8 Å². The summed E-state index contributed by atoms with van der Waals surface area (Å²) >= 11 is 0. The first kappa shape index (κ1) is 16.9. The maximum atomic E-state index is 9.28. The lowest BCUT2D eigenvalue weighted by Gasteiger charge is -2.06. The molecule has 7 heteroatoms. The van der Waals surface area contributed by atoms with Crippen LogP contribution in [0.15, 0.2) is 65.2 Å². The second-order valence-electron chi connectivity index (χ2n) is 6.03. The molecule has 2 aromatic carbocycles. The topological polar surface area (TPSA) is 111 Å². The van der Waals surface area contributed by atoms with Crippen molar-refractivity contribution in [3.63, 3.8) is 0 Å².